The van der Waals surface area contributed by atoms with Gasteiger partial charge in [-0.15, -0.1) is 0 Å². The van der Waals surface area contributed by atoms with Crippen LogP contribution in [0.2, 0.25) is 0 Å². The smallest absolute Gasteiger partial charge is 0.259 e. The zero-order valence-corrected chi connectivity index (χ0v) is 12.7. The molecule has 0 aliphatic heterocycles. The van der Waals surface area contributed by atoms with Gasteiger partial charge in [-0.3, -0.25) is 4.79 Å². The average molecular weight is 285 g/mol. The fraction of sp³-hybridized carbons (Fsp3) is 0.235. The van der Waals surface area contributed by atoms with Gasteiger partial charge in [-0.2, -0.15) is 0 Å². The molecule has 0 aliphatic carbocycles. The van der Waals surface area contributed by atoms with Crippen LogP contribution in [0.4, 0.5) is 5.69 Å². The minimum atomic E-state index is -0.223. The minimum absolute atomic E-state index is 0.223. The molecule has 4 nitrogen and oxygen atoms in total. The lowest BCUT2D eigenvalue weighted by molar-refractivity contribution is 0.102. The number of amides is 1. The van der Waals surface area contributed by atoms with Gasteiger partial charge in [0.15, 0.2) is 0 Å². The van der Waals surface area contributed by atoms with Gasteiger partial charge in [-0.1, -0.05) is 17.7 Å². The van der Waals surface area contributed by atoms with E-state index in [1.807, 2.05) is 38.1 Å². The maximum atomic E-state index is 12.5. The molecule has 0 fully saturated rings. The van der Waals surface area contributed by atoms with Crippen LogP contribution < -0.4 is 14.8 Å². The molecule has 21 heavy (non-hydrogen) atoms. The highest BCUT2D eigenvalue weighted by Gasteiger charge is 2.14. The van der Waals surface area contributed by atoms with Crippen molar-refractivity contribution < 1.29 is 14.3 Å². The summed E-state index contributed by atoms with van der Waals surface area (Å²) in [4.78, 5) is 12.5. The maximum Gasteiger partial charge on any atom is 0.259 e. The number of benzene rings is 2. The van der Waals surface area contributed by atoms with Crippen molar-refractivity contribution in [3.63, 3.8) is 0 Å². The molecule has 4 heteroatoms. The van der Waals surface area contributed by atoms with Crippen molar-refractivity contribution in [3.8, 4) is 11.5 Å². The Hall–Kier alpha value is -2.49. The number of carbonyl (C=O) groups is 1. The molecule has 1 amide bonds. The first-order valence-corrected chi connectivity index (χ1v) is 6.65. The number of nitrogens with one attached hydrogen (secondary N) is 1. The van der Waals surface area contributed by atoms with Crippen LogP contribution in [0.3, 0.4) is 0 Å². The molecule has 0 saturated heterocycles. The third-order valence-electron chi connectivity index (χ3n) is 3.20. The van der Waals surface area contributed by atoms with E-state index in [1.54, 1.807) is 26.4 Å². The first kappa shape index (κ1) is 14.9. The molecular formula is C17H19NO3. The van der Waals surface area contributed by atoms with Gasteiger partial charge in [-0.25, -0.2) is 0 Å². The highest BCUT2D eigenvalue weighted by atomic mass is 16.5. The van der Waals surface area contributed by atoms with Gasteiger partial charge in [0.25, 0.3) is 5.91 Å². The van der Waals surface area contributed by atoms with E-state index in [9.17, 15) is 4.79 Å². The summed E-state index contributed by atoms with van der Waals surface area (Å²) in [6, 6.07) is 11.1. The van der Waals surface area contributed by atoms with E-state index < -0.39 is 0 Å². The molecule has 0 aliphatic rings. The van der Waals surface area contributed by atoms with E-state index in [-0.39, 0.29) is 5.91 Å². The standard InChI is InChI=1S/C17H19NO3/c1-11-5-7-15(20-3)13(9-11)17(19)18-14-10-12(2)6-8-16(14)21-4/h5-10H,1-4H3,(H,18,19). The monoisotopic (exact) mass is 285 g/mol. The molecule has 0 spiro atoms. The zero-order chi connectivity index (χ0) is 15.4. The largest absolute Gasteiger partial charge is 0.496 e. The van der Waals surface area contributed by atoms with Gasteiger partial charge in [0.2, 0.25) is 0 Å². The summed E-state index contributed by atoms with van der Waals surface area (Å²) in [6.07, 6.45) is 0. The number of carbonyl (C=O) groups excluding carboxylic acids is 1. The molecule has 2 aromatic rings. The number of hydrogen-bond acceptors (Lipinski definition) is 3. The van der Waals surface area contributed by atoms with Gasteiger partial charge in [-0.05, 0) is 43.7 Å². The molecule has 1 N–H and O–H groups in total. The van der Waals surface area contributed by atoms with Crippen molar-refractivity contribution in [2.45, 2.75) is 13.8 Å². The zero-order valence-electron chi connectivity index (χ0n) is 12.7. The highest BCUT2D eigenvalue weighted by Crippen LogP contribution is 2.27. The van der Waals surface area contributed by atoms with Crippen molar-refractivity contribution in [3.05, 3.63) is 53.1 Å². The van der Waals surface area contributed by atoms with Crippen molar-refractivity contribution in [2.24, 2.45) is 0 Å². The maximum absolute atomic E-state index is 12.5. The second kappa shape index (κ2) is 6.31. The van der Waals surface area contributed by atoms with Crippen molar-refractivity contribution in [1.29, 1.82) is 0 Å². The van der Waals surface area contributed by atoms with E-state index in [2.05, 4.69) is 5.32 Å². The fourth-order valence-electron chi connectivity index (χ4n) is 2.11. The van der Waals surface area contributed by atoms with E-state index in [4.69, 9.17) is 9.47 Å². The highest BCUT2D eigenvalue weighted by molar-refractivity contribution is 6.07. The van der Waals surface area contributed by atoms with Gasteiger partial charge in [0.05, 0.1) is 25.5 Å². The fourth-order valence-corrected chi connectivity index (χ4v) is 2.11. The quantitative estimate of drug-likeness (QED) is 0.934. The minimum Gasteiger partial charge on any atom is -0.496 e. The molecule has 2 rings (SSSR count). The molecule has 110 valence electrons. The van der Waals surface area contributed by atoms with Crippen LogP contribution in [0.15, 0.2) is 36.4 Å². The summed E-state index contributed by atoms with van der Waals surface area (Å²) in [5.41, 5.74) is 3.19. The summed E-state index contributed by atoms with van der Waals surface area (Å²) in [5, 5.41) is 2.88. The van der Waals surface area contributed by atoms with Crippen LogP contribution in [-0.4, -0.2) is 20.1 Å². The Balaban J connectivity index is 2.34. The van der Waals surface area contributed by atoms with Crippen LogP contribution in [-0.2, 0) is 0 Å². The Bertz CT molecular complexity index is 665. The number of aryl methyl sites for hydroxylation is 2. The van der Waals surface area contributed by atoms with E-state index in [0.717, 1.165) is 11.1 Å². The normalized spacial score (nSPS) is 10.1. The molecule has 0 aromatic heterocycles. The molecule has 0 unspecified atom stereocenters. The number of hydrogen-bond donors (Lipinski definition) is 1. The number of methoxy groups -OCH3 is 2. The Morgan fingerprint density at radius 3 is 2.10 bits per heavy atom. The third kappa shape index (κ3) is 3.34. The second-order valence-corrected chi connectivity index (χ2v) is 4.86. The predicted octanol–water partition coefficient (Wildman–Crippen LogP) is 3.57. The molecule has 0 heterocycles. The molecule has 0 saturated carbocycles. The number of rotatable bonds is 4. The third-order valence-corrected chi connectivity index (χ3v) is 3.20. The summed E-state index contributed by atoms with van der Waals surface area (Å²) >= 11 is 0. The topological polar surface area (TPSA) is 47.6 Å². The summed E-state index contributed by atoms with van der Waals surface area (Å²) in [6.45, 7) is 3.89. The van der Waals surface area contributed by atoms with Crippen LogP contribution >= 0.6 is 0 Å². The number of ether oxygens (including phenoxy) is 2. The molecule has 0 atom stereocenters. The predicted molar refractivity (Wildman–Crippen MR) is 83.4 cm³/mol. The van der Waals surface area contributed by atoms with Crippen molar-refractivity contribution in [2.75, 3.05) is 19.5 Å². The molecule has 0 radical (unpaired) electrons. The molecular weight excluding hydrogens is 266 g/mol. The summed E-state index contributed by atoms with van der Waals surface area (Å²) in [7, 11) is 3.13. The van der Waals surface area contributed by atoms with Crippen LogP contribution in [0.1, 0.15) is 21.5 Å². The lowest BCUT2D eigenvalue weighted by Crippen LogP contribution is -2.14. The SMILES string of the molecule is COc1ccc(C)cc1NC(=O)c1cc(C)ccc1OC. The average Bonchev–Trinajstić information content (AvgIpc) is 2.47. The Morgan fingerprint density at radius 2 is 1.48 bits per heavy atom. The first-order chi connectivity index (χ1) is 10.0. The Morgan fingerprint density at radius 1 is 0.905 bits per heavy atom. The number of anilines is 1. The second-order valence-electron chi connectivity index (χ2n) is 4.86. The van der Waals surface area contributed by atoms with Crippen LogP contribution in [0.25, 0.3) is 0 Å². The summed E-state index contributed by atoms with van der Waals surface area (Å²) in [5.74, 6) is 0.949. The van der Waals surface area contributed by atoms with Gasteiger partial charge >= 0.3 is 0 Å². The van der Waals surface area contributed by atoms with E-state index in [1.165, 1.54) is 0 Å². The molecule has 0 bridgehead atoms. The lowest BCUT2D eigenvalue weighted by Gasteiger charge is -2.13. The van der Waals surface area contributed by atoms with Crippen molar-refractivity contribution >= 4 is 11.6 Å². The summed E-state index contributed by atoms with van der Waals surface area (Å²) < 4.78 is 10.5. The van der Waals surface area contributed by atoms with E-state index >= 15 is 0 Å². The molecule has 2 aromatic carbocycles. The van der Waals surface area contributed by atoms with E-state index in [0.29, 0.717) is 22.7 Å². The van der Waals surface area contributed by atoms with Gasteiger partial charge in [0, 0.05) is 0 Å². The lowest BCUT2D eigenvalue weighted by atomic mass is 10.1. The van der Waals surface area contributed by atoms with Gasteiger partial charge in [0.1, 0.15) is 11.5 Å². The van der Waals surface area contributed by atoms with Gasteiger partial charge < -0.3 is 14.8 Å². The van der Waals surface area contributed by atoms with Crippen LogP contribution in [0.5, 0.6) is 11.5 Å². The van der Waals surface area contributed by atoms with Crippen LogP contribution in [0, 0.1) is 13.8 Å². The Kier molecular flexibility index (Phi) is 4.48. The first-order valence-electron chi connectivity index (χ1n) is 6.65. The Labute approximate surface area is 124 Å². The van der Waals surface area contributed by atoms with Crippen molar-refractivity contribution in [1.82, 2.24) is 0 Å².